The fourth-order valence-electron chi connectivity index (χ4n) is 3.66. The number of carbonyl (C=O) groups excluding carboxylic acids is 1. The fraction of sp³-hybridized carbons (Fsp3) is 0.409. The molecule has 1 aliphatic rings. The van der Waals surface area contributed by atoms with E-state index in [-0.39, 0.29) is 11.9 Å². The van der Waals surface area contributed by atoms with Crippen LogP contribution in [0.1, 0.15) is 60.8 Å². The van der Waals surface area contributed by atoms with Crippen molar-refractivity contribution in [2.24, 2.45) is 5.73 Å². The minimum atomic E-state index is -0.215. The van der Waals surface area contributed by atoms with Crippen LogP contribution in [0.4, 0.5) is 5.82 Å². The molecule has 0 spiro atoms. The molecule has 0 aliphatic heterocycles. The summed E-state index contributed by atoms with van der Waals surface area (Å²) in [7, 11) is 0. The Balaban J connectivity index is 1.44. The van der Waals surface area contributed by atoms with E-state index in [1.165, 1.54) is 12.8 Å². The SMILES string of the molecule is NCCC(CCC(=O)OCc1ccccc1)c1cc(N)n2ncc(C3CC3)c2n1. The highest BCUT2D eigenvalue weighted by Gasteiger charge is 2.28. The Kier molecular flexibility index (Phi) is 5.76. The number of rotatable bonds is 9. The summed E-state index contributed by atoms with van der Waals surface area (Å²) in [6, 6.07) is 11.5. The summed E-state index contributed by atoms with van der Waals surface area (Å²) in [6.07, 6.45) is 5.90. The van der Waals surface area contributed by atoms with Gasteiger partial charge in [-0.05, 0) is 43.7 Å². The molecule has 7 heteroatoms. The number of benzene rings is 1. The molecule has 1 fully saturated rings. The van der Waals surface area contributed by atoms with E-state index >= 15 is 0 Å². The van der Waals surface area contributed by atoms with E-state index in [1.807, 2.05) is 42.6 Å². The van der Waals surface area contributed by atoms with E-state index in [9.17, 15) is 4.79 Å². The summed E-state index contributed by atoms with van der Waals surface area (Å²) in [5.41, 5.74) is 15.9. The maximum Gasteiger partial charge on any atom is 0.306 e. The van der Waals surface area contributed by atoms with Crippen LogP contribution in [0.3, 0.4) is 0 Å². The predicted molar refractivity (Wildman–Crippen MR) is 111 cm³/mol. The Hall–Kier alpha value is -2.93. The summed E-state index contributed by atoms with van der Waals surface area (Å²) < 4.78 is 7.10. The van der Waals surface area contributed by atoms with Crippen LogP contribution in [0.25, 0.3) is 5.65 Å². The summed E-state index contributed by atoms with van der Waals surface area (Å²) in [6.45, 7) is 0.810. The van der Waals surface area contributed by atoms with Crippen LogP contribution in [0.5, 0.6) is 0 Å². The molecule has 4 rings (SSSR count). The van der Waals surface area contributed by atoms with Gasteiger partial charge in [0, 0.05) is 29.7 Å². The molecule has 7 nitrogen and oxygen atoms in total. The first-order valence-corrected chi connectivity index (χ1v) is 10.2. The number of nitrogens with two attached hydrogens (primary N) is 2. The quantitative estimate of drug-likeness (QED) is 0.541. The molecule has 3 aromatic rings. The molecule has 1 aliphatic carbocycles. The van der Waals surface area contributed by atoms with E-state index < -0.39 is 0 Å². The number of nitrogens with zero attached hydrogens (tertiary/aromatic N) is 3. The van der Waals surface area contributed by atoms with Crippen molar-refractivity contribution in [3.8, 4) is 0 Å². The minimum absolute atomic E-state index is 0.0542. The van der Waals surface area contributed by atoms with Crippen molar-refractivity contribution in [2.45, 2.75) is 50.5 Å². The van der Waals surface area contributed by atoms with E-state index in [4.69, 9.17) is 21.2 Å². The highest BCUT2D eigenvalue weighted by Crippen LogP contribution is 2.42. The van der Waals surface area contributed by atoms with Crippen molar-refractivity contribution in [3.05, 3.63) is 59.4 Å². The number of esters is 1. The largest absolute Gasteiger partial charge is 0.461 e. The van der Waals surface area contributed by atoms with E-state index in [0.29, 0.717) is 37.7 Å². The molecule has 0 radical (unpaired) electrons. The number of ether oxygens (including phenoxy) is 1. The van der Waals surface area contributed by atoms with Crippen molar-refractivity contribution in [1.82, 2.24) is 14.6 Å². The molecule has 2 aromatic heterocycles. The van der Waals surface area contributed by atoms with Crippen molar-refractivity contribution in [1.29, 1.82) is 0 Å². The fourth-order valence-corrected chi connectivity index (χ4v) is 3.66. The third kappa shape index (κ3) is 4.56. The number of fused-ring (bicyclic) bond motifs is 1. The van der Waals surface area contributed by atoms with Crippen molar-refractivity contribution in [2.75, 3.05) is 12.3 Å². The van der Waals surface area contributed by atoms with Crippen molar-refractivity contribution in [3.63, 3.8) is 0 Å². The van der Waals surface area contributed by atoms with Gasteiger partial charge in [0.25, 0.3) is 0 Å². The van der Waals surface area contributed by atoms with Gasteiger partial charge in [-0.25, -0.2) is 4.98 Å². The first-order valence-electron chi connectivity index (χ1n) is 10.2. The summed E-state index contributed by atoms with van der Waals surface area (Å²) in [4.78, 5) is 17.1. The van der Waals surface area contributed by atoms with Gasteiger partial charge in [0.15, 0.2) is 5.65 Å². The number of aromatic nitrogens is 3. The molecule has 0 saturated heterocycles. The average Bonchev–Trinajstić information content (AvgIpc) is 3.49. The Bertz CT molecular complexity index is 982. The molecular weight excluding hydrogens is 366 g/mol. The van der Waals surface area contributed by atoms with Crippen molar-refractivity contribution >= 4 is 17.4 Å². The first-order chi connectivity index (χ1) is 14.2. The number of hydrogen-bond acceptors (Lipinski definition) is 6. The molecule has 1 aromatic carbocycles. The monoisotopic (exact) mass is 393 g/mol. The summed E-state index contributed by atoms with van der Waals surface area (Å²) >= 11 is 0. The van der Waals surface area contributed by atoms with Gasteiger partial charge in [-0.3, -0.25) is 4.79 Å². The molecule has 152 valence electrons. The van der Waals surface area contributed by atoms with Crippen molar-refractivity contribution < 1.29 is 9.53 Å². The molecule has 1 unspecified atom stereocenters. The zero-order valence-electron chi connectivity index (χ0n) is 16.5. The topological polar surface area (TPSA) is 109 Å². The number of carbonyl (C=O) groups is 1. The van der Waals surface area contributed by atoms with E-state index in [2.05, 4.69) is 5.10 Å². The second-order valence-electron chi connectivity index (χ2n) is 7.67. The molecule has 0 amide bonds. The van der Waals surface area contributed by atoms with E-state index in [1.54, 1.807) is 4.52 Å². The standard InChI is InChI=1S/C22H27N5O2/c23-11-10-17(8-9-21(28)29-14-15-4-2-1-3-5-15)19-12-20(24)27-22(26-19)18(13-25-27)16-6-7-16/h1-5,12-13,16-17H,6-11,14,23-24H2. The first kappa shape index (κ1) is 19.4. The van der Waals surface area contributed by atoms with Gasteiger partial charge < -0.3 is 16.2 Å². The molecule has 4 N–H and O–H groups in total. The number of hydrogen-bond donors (Lipinski definition) is 2. The van der Waals surface area contributed by atoms with Crippen LogP contribution < -0.4 is 11.5 Å². The third-order valence-corrected chi connectivity index (χ3v) is 5.44. The lowest BCUT2D eigenvalue weighted by atomic mass is 9.95. The number of nitrogen functional groups attached to an aromatic ring is 1. The second-order valence-corrected chi connectivity index (χ2v) is 7.67. The zero-order chi connectivity index (χ0) is 20.2. The van der Waals surface area contributed by atoms with E-state index in [0.717, 1.165) is 28.9 Å². The second kappa shape index (κ2) is 8.61. The normalized spacial score (nSPS) is 14.8. The van der Waals surface area contributed by atoms with Gasteiger partial charge in [0.05, 0.1) is 6.20 Å². The van der Waals surface area contributed by atoms with Crippen LogP contribution >= 0.6 is 0 Å². The van der Waals surface area contributed by atoms with Gasteiger partial charge >= 0.3 is 5.97 Å². The van der Waals surface area contributed by atoms with Gasteiger partial charge in [-0.15, -0.1) is 0 Å². The molecule has 1 atom stereocenters. The smallest absolute Gasteiger partial charge is 0.306 e. The van der Waals surface area contributed by atoms with Crippen LogP contribution in [0.15, 0.2) is 42.6 Å². The maximum atomic E-state index is 12.2. The molecule has 0 bridgehead atoms. The lowest BCUT2D eigenvalue weighted by Gasteiger charge is -2.16. The summed E-state index contributed by atoms with van der Waals surface area (Å²) in [5, 5.41) is 4.38. The molecular formula is C22H27N5O2. The molecule has 29 heavy (non-hydrogen) atoms. The highest BCUT2D eigenvalue weighted by molar-refractivity contribution is 5.69. The van der Waals surface area contributed by atoms with Gasteiger partial charge in [-0.2, -0.15) is 9.61 Å². The lowest BCUT2D eigenvalue weighted by Crippen LogP contribution is -2.14. The van der Waals surface area contributed by atoms with Gasteiger partial charge in [0.2, 0.25) is 0 Å². The third-order valence-electron chi connectivity index (χ3n) is 5.44. The van der Waals surface area contributed by atoms with Gasteiger partial charge in [0.1, 0.15) is 12.4 Å². The Morgan fingerprint density at radius 1 is 1.24 bits per heavy atom. The van der Waals surface area contributed by atoms with Crippen LogP contribution in [0, 0.1) is 0 Å². The summed E-state index contributed by atoms with van der Waals surface area (Å²) in [5.74, 6) is 0.938. The Morgan fingerprint density at radius 3 is 2.76 bits per heavy atom. The van der Waals surface area contributed by atoms with Crippen LogP contribution in [-0.2, 0) is 16.1 Å². The maximum absolute atomic E-state index is 12.2. The average molecular weight is 393 g/mol. The molecule has 1 saturated carbocycles. The Labute approximate surface area is 170 Å². The Morgan fingerprint density at radius 2 is 2.03 bits per heavy atom. The number of anilines is 1. The predicted octanol–water partition coefficient (Wildman–Crippen LogP) is 3.14. The molecule has 2 heterocycles. The highest BCUT2D eigenvalue weighted by atomic mass is 16.5. The van der Waals surface area contributed by atoms with Gasteiger partial charge in [-0.1, -0.05) is 30.3 Å². The zero-order valence-corrected chi connectivity index (χ0v) is 16.5. The minimum Gasteiger partial charge on any atom is -0.461 e. The lowest BCUT2D eigenvalue weighted by molar-refractivity contribution is -0.145. The van der Waals surface area contributed by atoms with Crippen LogP contribution in [-0.4, -0.2) is 27.1 Å². The van der Waals surface area contributed by atoms with Crippen LogP contribution in [0.2, 0.25) is 0 Å².